The first-order valence-electron chi connectivity index (χ1n) is 8.29. The van der Waals surface area contributed by atoms with E-state index in [4.69, 9.17) is 0 Å². The molecule has 0 fully saturated rings. The Labute approximate surface area is 145 Å². The molecule has 0 aliphatic carbocycles. The van der Waals surface area contributed by atoms with E-state index < -0.39 is 0 Å². The van der Waals surface area contributed by atoms with Crippen molar-refractivity contribution in [1.29, 1.82) is 0 Å². The van der Waals surface area contributed by atoms with Crippen LogP contribution in [0.2, 0.25) is 0 Å². The van der Waals surface area contributed by atoms with Gasteiger partial charge in [0.05, 0.1) is 5.75 Å². The van der Waals surface area contributed by atoms with Gasteiger partial charge in [-0.1, -0.05) is 36.4 Å². The zero-order valence-electron chi connectivity index (χ0n) is 13.5. The van der Waals surface area contributed by atoms with Gasteiger partial charge in [0.15, 0.2) is 5.16 Å². The van der Waals surface area contributed by atoms with Gasteiger partial charge in [-0.25, -0.2) is 4.39 Å². The van der Waals surface area contributed by atoms with E-state index in [-0.39, 0.29) is 11.7 Å². The Morgan fingerprint density at radius 2 is 2.12 bits per heavy atom. The van der Waals surface area contributed by atoms with Crippen LogP contribution in [0.1, 0.15) is 30.7 Å². The summed E-state index contributed by atoms with van der Waals surface area (Å²) in [5.41, 5.74) is 0.619. The van der Waals surface area contributed by atoms with Crippen LogP contribution in [-0.4, -0.2) is 33.0 Å². The Bertz CT molecular complexity index is 704. The highest BCUT2D eigenvalue weighted by Crippen LogP contribution is 2.21. The third-order valence-corrected chi connectivity index (χ3v) is 5.05. The molecule has 1 N–H and O–H groups in total. The fraction of sp³-hybridized carbons (Fsp3) is 0.471. The smallest absolute Gasteiger partial charge is 0.230 e. The van der Waals surface area contributed by atoms with Crippen LogP contribution in [0.25, 0.3) is 0 Å². The zero-order chi connectivity index (χ0) is 16.8. The summed E-state index contributed by atoms with van der Waals surface area (Å²) < 4.78 is 15.6. The van der Waals surface area contributed by atoms with E-state index in [9.17, 15) is 9.18 Å². The average Bonchev–Trinajstić information content (AvgIpc) is 2.81. The average molecular weight is 348 g/mol. The normalized spacial score (nSPS) is 14.0. The van der Waals surface area contributed by atoms with Gasteiger partial charge in [0.1, 0.15) is 11.6 Å². The number of aryl methyl sites for hydroxylation is 1. The minimum absolute atomic E-state index is 0.0673. The van der Waals surface area contributed by atoms with Crippen molar-refractivity contribution >= 4 is 17.7 Å². The molecule has 3 rings (SSSR count). The summed E-state index contributed by atoms with van der Waals surface area (Å²) in [6.45, 7) is 1.36. The quantitative estimate of drug-likeness (QED) is 0.815. The molecule has 1 aromatic heterocycles. The van der Waals surface area contributed by atoms with E-state index in [1.54, 1.807) is 18.2 Å². The molecule has 0 spiro atoms. The first-order valence-corrected chi connectivity index (χ1v) is 9.27. The zero-order valence-corrected chi connectivity index (χ0v) is 14.3. The van der Waals surface area contributed by atoms with Crippen LogP contribution >= 0.6 is 11.8 Å². The molecule has 2 aromatic rings. The Morgan fingerprint density at radius 1 is 1.25 bits per heavy atom. The van der Waals surface area contributed by atoms with Crippen molar-refractivity contribution in [2.24, 2.45) is 0 Å². The highest BCUT2D eigenvalue weighted by molar-refractivity contribution is 7.99. The van der Waals surface area contributed by atoms with Crippen LogP contribution in [0.3, 0.4) is 0 Å². The lowest BCUT2D eigenvalue weighted by Gasteiger charge is -2.07. The number of hydrogen-bond donors (Lipinski definition) is 1. The highest BCUT2D eigenvalue weighted by Gasteiger charge is 2.16. The summed E-state index contributed by atoms with van der Waals surface area (Å²) >= 11 is 1.41. The molecule has 7 heteroatoms. The van der Waals surface area contributed by atoms with Gasteiger partial charge in [-0.3, -0.25) is 4.79 Å². The van der Waals surface area contributed by atoms with Crippen LogP contribution in [0.5, 0.6) is 0 Å². The minimum atomic E-state index is -0.229. The minimum Gasteiger partial charge on any atom is -0.355 e. The van der Waals surface area contributed by atoms with E-state index in [1.807, 2.05) is 0 Å². The number of carbonyl (C=O) groups excluding carboxylic acids is 1. The monoisotopic (exact) mass is 348 g/mol. The number of benzene rings is 1. The molecule has 2 heterocycles. The predicted octanol–water partition coefficient (Wildman–Crippen LogP) is 2.59. The number of nitrogens with one attached hydrogen (secondary N) is 1. The number of aromatic nitrogens is 3. The molecule has 1 aliphatic heterocycles. The van der Waals surface area contributed by atoms with Crippen LogP contribution < -0.4 is 5.32 Å². The van der Waals surface area contributed by atoms with Crippen LogP contribution in [0.15, 0.2) is 29.4 Å². The van der Waals surface area contributed by atoms with E-state index in [1.165, 1.54) is 24.2 Å². The van der Waals surface area contributed by atoms with Gasteiger partial charge in [0.2, 0.25) is 5.91 Å². The van der Waals surface area contributed by atoms with Gasteiger partial charge >= 0.3 is 0 Å². The Hall–Kier alpha value is -1.89. The number of rotatable bonds is 6. The maximum Gasteiger partial charge on any atom is 0.230 e. The molecule has 5 nitrogen and oxygen atoms in total. The molecule has 1 aromatic carbocycles. The number of fused-ring (bicyclic) bond motifs is 1. The SMILES string of the molecule is O=C(CSc1nnc2n1CCCCC2)NCCc1ccccc1F. The van der Waals surface area contributed by atoms with Crippen molar-refractivity contribution in [3.63, 3.8) is 0 Å². The second-order valence-corrected chi connectivity index (χ2v) is 6.78. The number of carbonyl (C=O) groups is 1. The third kappa shape index (κ3) is 4.35. The van der Waals surface area contributed by atoms with Crippen LogP contribution in [0, 0.1) is 5.82 Å². The number of amides is 1. The highest BCUT2D eigenvalue weighted by atomic mass is 32.2. The van der Waals surface area contributed by atoms with Gasteiger partial charge in [0, 0.05) is 19.5 Å². The van der Waals surface area contributed by atoms with Crippen molar-refractivity contribution in [3.05, 3.63) is 41.5 Å². The Balaban J connectivity index is 1.45. The number of halogens is 1. The maximum atomic E-state index is 13.5. The van der Waals surface area contributed by atoms with Crippen LogP contribution in [-0.2, 0) is 24.2 Å². The van der Waals surface area contributed by atoms with E-state index in [0.717, 1.165) is 36.8 Å². The summed E-state index contributed by atoms with van der Waals surface area (Å²) in [4.78, 5) is 12.0. The molecule has 1 aliphatic rings. The summed E-state index contributed by atoms with van der Waals surface area (Å²) in [6, 6.07) is 6.63. The summed E-state index contributed by atoms with van der Waals surface area (Å²) in [5, 5.41) is 12.1. The van der Waals surface area contributed by atoms with E-state index in [2.05, 4.69) is 20.1 Å². The van der Waals surface area contributed by atoms with Crippen molar-refractivity contribution in [3.8, 4) is 0 Å². The molecular weight excluding hydrogens is 327 g/mol. The molecule has 0 atom stereocenters. The van der Waals surface area contributed by atoms with Gasteiger partial charge in [-0.2, -0.15) is 0 Å². The molecule has 1 amide bonds. The summed E-state index contributed by atoms with van der Waals surface area (Å²) in [5.74, 6) is 1.03. The van der Waals surface area contributed by atoms with Gasteiger partial charge in [-0.15, -0.1) is 10.2 Å². The van der Waals surface area contributed by atoms with Gasteiger partial charge in [0.25, 0.3) is 0 Å². The number of hydrogen-bond acceptors (Lipinski definition) is 4. The topological polar surface area (TPSA) is 59.8 Å². The summed E-state index contributed by atoms with van der Waals surface area (Å²) in [6.07, 6.45) is 4.95. The van der Waals surface area contributed by atoms with Crippen molar-refractivity contribution < 1.29 is 9.18 Å². The molecule has 128 valence electrons. The molecule has 0 unspecified atom stereocenters. The fourth-order valence-corrected chi connectivity index (χ4v) is 3.60. The Morgan fingerprint density at radius 3 is 3.00 bits per heavy atom. The van der Waals surface area contributed by atoms with Crippen molar-refractivity contribution in [2.45, 2.75) is 43.8 Å². The molecular formula is C17H21FN4OS. The lowest BCUT2D eigenvalue weighted by atomic mass is 10.1. The Kier molecular flexibility index (Phi) is 5.85. The van der Waals surface area contributed by atoms with E-state index in [0.29, 0.717) is 24.3 Å². The second kappa shape index (κ2) is 8.28. The lowest BCUT2D eigenvalue weighted by molar-refractivity contribution is -0.118. The standard InChI is InChI=1S/C17H21FN4OS/c18-14-7-4-3-6-13(14)9-10-19-16(23)12-24-17-21-20-15-8-2-1-5-11-22(15)17/h3-4,6-7H,1-2,5,8-12H2,(H,19,23). The molecule has 0 saturated heterocycles. The molecule has 24 heavy (non-hydrogen) atoms. The van der Waals surface area contributed by atoms with Crippen LogP contribution in [0.4, 0.5) is 4.39 Å². The second-order valence-electron chi connectivity index (χ2n) is 5.84. The number of thioether (sulfide) groups is 1. The molecule has 0 radical (unpaired) electrons. The van der Waals surface area contributed by atoms with Gasteiger partial charge in [-0.05, 0) is 30.9 Å². The third-order valence-electron chi connectivity index (χ3n) is 4.08. The predicted molar refractivity (Wildman–Crippen MR) is 91.4 cm³/mol. The van der Waals surface area contributed by atoms with E-state index >= 15 is 0 Å². The largest absolute Gasteiger partial charge is 0.355 e. The fourth-order valence-electron chi connectivity index (χ4n) is 2.78. The van der Waals surface area contributed by atoms with Gasteiger partial charge < -0.3 is 9.88 Å². The van der Waals surface area contributed by atoms with Crippen molar-refractivity contribution in [1.82, 2.24) is 20.1 Å². The maximum absolute atomic E-state index is 13.5. The number of nitrogens with zero attached hydrogens (tertiary/aromatic N) is 3. The first-order chi connectivity index (χ1) is 11.7. The lowest BCUT2D eigenvalue weighted by Crippen LogP contribution is -2.27. The first kappa shape index (κ1) is 17.0. The molecule has 0 saturated carbocycles. The molecule has 0 bridgehead atoms. The summed E-state index contributed by atoms with van der Waals surface area (Å²) in [7, 11) is 0. The van der Waals surface area contributed by atoms with Crippen molar-refractivity contribution in [2.75, 3.05) is 12.3 Å².